The van der Waals surface area contributed by atoms with Crippen molar-refractivity contribution in [3.05, 3.63) is 35.4 Å². The highest BCUT2D eigenvalue weighted by molar-refractivity contribution is 5.79. The molecule has 0 N–H and O–H groups in total. The fraction of sp³-hybridized carbons (Fsp3) is 0.632. The minimum atomic E-state index is 0.307. The number of benzene rings is 1. The molecule has 1 atom stereocenters. The maximum Gasteiger partial charge on any atom is 0.226 e. The number of hydrogen-bond acceptors (Lipinski definition) is 2. The van der Waals surface area contributed by atoms with Gasteiger partial charge >= 0.3 is 0 Å². The van der Waals surface area contributed by atoms with Crippen LogP contribution in [0.5, 0.6) is 0 Å². The van der Waals surface area contributed by atoms with Gasteiger partial charge in [0, 0.05) is 13.1 Å². The number of piperidine rings is 1. The number of nitrogens with zero attached hydrogens (tertiary/aromatic N) is 2. The largest absolute Gasteiger partial charge is 0.342 e. The zero-order valence-electron chi connectivity index (χ0n) is 13.9. The molecule has 2 saturated heterocycles. The van der Waals surface area contributed by atoms with E-state index in [9.17, 15) is 4.79 Å². The van der Waals surface area contributed by atoms with Gasteiger partial charge in [0.25, 0.3) is 0 Å². The SMILES string of the molecule is Cc1cccc(CC(=O)N2CCC(C3CCN(C)CC3)C2)c1. The Kier molecular flexibility index (Phi) is 4.82. The molecule has 1 aromatic carbocycles. The van der Waals surface area contributed by atoms with Gasteiger partial charge < -0.3 is 9.80 Å². The summed E-state index contributed by atoms with van der Waals surface area (Å²) in [4.78, 5) is 17.0. The maximum absolute atomic E-state index is 12.5. The second kappa shape index (κ2) is 6.82. The first kappa shape index (κ1) is 15.5. The zero-order chi connectivity index (χ0) is 15.5. The van der Waals surface area contributed by atoms with Gasteiger partial charge in [-0.25, -0.2) is 0 Å². The molecule has 1 aromatic rings. The molecule has 0 bridgehead atoms. The van der Waals surface area contributed by atoms with Crippen molar-refractivity contribution in [3.8, 4) is 0 Å². The Labute approximate surface area is 134 Å². The van der Waals surface area contributed by atoms with Crippen molar-refractivity contribution < 1.29 is 4.79 Å². The molecule has 2 aliphatic rings. The van der Waals surface area contributed by atoms with Gasteiger partial charge in [0.05, 0.1) is 6.42 Å². The predicted molar refractivity (Wildman–Crippen MR) is 89.8 cm³/mol. The van der Waals surface area contributed by atoms with E-state index >= 15 is 0 Å². The zero-order valence-corrected chi connectivity index (χ0v) is 13.9. The van der Waals surface area contributed by atoms with E-state index in [0.29, 0.717) is 12.3 Å². The number of rotatable bonds is 3. The van der Waals surface area contributed by atoms with Gasteiger partial charge in [-0.1, -0.05) is 29.8 Å². The van der Waals surface area contributed by atoms with E-state index in [1.165, 1.54) is 37.9 Å². The molecule has 1 unspecified atom stereocenters. The van der Waals surface area contributed by atoms with Crippen LogP contribution in [0.1, 0.15) is 30.4 Å². The maximum atomic E-state index is 12.5. The first-order chi connectivity index (χ1) is 10.6. The molecule has 0 spiro atoms. The summed E-state index contributed by atoms with van der Waals surface area (Å²) in [5.41, 5.74) is 2.38. The molecule has 1 amide bonds. The van der Waals surface area contributed by atoms with Gasteiger partial charge in [-0.2, -0.15) is 0 Å². The average Bonchev–Trinajstić information content (AvgIpc) is 2.98. The van der Waals surface area contributed by atoms with Crippen LogP contribution in [0, 0.1) is 18.8 Å². The molecule has 0 saturated carbocycles. The molecule has 3 nitrogen and oxygen atoms in total. The number of hydrogen-bond donors (Lipinski definition) is 0. The Bertz CT molecular complexity index is 520. The molecule has 3 heteroatoms. The van der Waals surface area contributed by atoms with Crippen LogP contribution in [0.4, 0.5) is 0 Å². The predicted octanol–water partition coefficient (Wildman–Crippen LogP) is 2.73. The lowest BCUT2D eigenvalue weighted by Gasteiger charge is -2.32. The Morgan fingerprint density at radius 1 is 1.14 bits per heavy atom. The minimum Gasteiger partial charge on any atom is -0.342 e. The normalized spacial score (nSPS) is 23.9. The third-order valence-electron chi connectivity index (χ3n) is 5.45. The van der Waals surface area contributed by atoms with E-state index in [2.05, 4.69) is 42.0 Å². The summed E-state index contributed by atoms with van der Waals surface area (Å²) in [6.45, 7) is 6.47. The van der Waals surface area contributed by atoms with Crippen molar-refractivity contribution >= 4 is 5.91 Å². The molecule has 22 heavy (non-hydrogen) atoms. The van der Waals surface area contributed by atoms with Crippen LogP contribution in [-0.4, -0.2) is 48.9 Å². The summed E-state index contributed by atoms with van der Waals surface area (Å²) >= 11 is 0. The van der Waals surface area contributed by atoms with Crippen molar-refractivity contribution in [1.29, 1.82) is 0 Å². The highest BCUT2D eigenvalue weighted by Gasteiger charge is 2.32. The lowest BCUT2D eigenvalue weighted by Crippen LogP contribution is -2.35. The van der Waals surface area contributed by atoms with Crippen LogP contribution >= 0.6 is 0 Å². The van der Waals surface area contributed by atoms with Gasteiger partial charge in [0.2, 0.25) is 5.91 Å². The molecular formula is C19H28N2O. The van der Waals surface area contributed by atoms with E-state index in [1.54, 1.807) is 0 Å². The summed E-state index contributed by atoms with van der Waals surface area (Å²) in [6, 6.07) is 8.32. The highest BCUT2D eigenvalue weighted by atomic mass is 16.2. The Morgan fingerprint density at radius 2 is 1.86 bits per heavy atom. The smallest absolute Gasteiger partial charge is 0.226 e. The summed E-state index contributed by atoms with van der Waals surface area (Å²) in [5.74, 6) is 1.86. The van der Waals surface area contributed by atoms with Gasteiger partial charge in [-0.05, 0) is 63.7 Å². The van der Waals surface area contributed by atoms with E-state index in [-0.39, 0.29) is 0 Å². The van der Waals surface area contributed by atoms with Gasteiger partial charge in [0.1, 0.15) is 0 Å². The highest BCUT2D eigenvalue weighted by Crippen LogP contribution is 2.31. The summed E-state index contributed by atoms with van der Waals surface area (Å²) < 4.78 is 0. The van der Waals surface area contributed by atoms with Crippen LogP contribution in [0.2, 0.25) is 0 Å². The van der Waals surface area contributed by atoms with Crippen LogP contribution in [0.3, 0.4) is 0 Å². The molecule has 0 aliphatic carbocycles. The molecule has 3 rings (SSSR count). The number of likely N-dealkylation sites (tertiary alicyclic amines) is 2. The third-order valence-corrected chi connectivity index (χ3v) is 5.45. The average molecular weight is 300 g/mol. The van der Waals surface area contributed by atoms with E-state index in [0.717, 1.165) is 30.5 Å². The first-order valence-electron chi connectivity index (χ1n) is 8.63. The van der Waals surface area contributed by atoms with E-state index in [1.807, 2.05) is 6.07 Å². The van der Waals surface area contributed by atoms with Crippen molar-refractivity contribution in [3.63, 3.8) is 0 Å². The first-order valence-corrected chi connectivity index (χ1v) is 8.63. The van der Waals surface area contributed by atoms with Crippen molar-refractivity contribution in [1.82, 2.24) is 9.80 Å². The van der Waals surface area contributed by atoms with Crippen molar-refractivity contribution in [2.75, 3.05) is 33.2 Å². The lowest BCUT2D eigenvalue weighted by atomic mass is 9.84. The van der Waals surface area contributed by atoms with Crippen LogP contribution < -0.4 is 0 Å². The van der Waals surface area contributed by atoms with Crippen LogP contribution in [-0.2, 0) is 11.2 Å². The molecule has 2 fully saturated rings. The van der Waals surface area contributed by atoms with Gasteiger partial charge in [-0.3, -0.25) is 4.79 Å². The molecule has 2 aliphatic heterocycles. The fourth-order valence-electron chi connectivity index (χ4n) is 4.01. The number of aryl methyl sites for hydroxylation is 1. The second-order valence-corrected chi connectivity index (χ2v) is 7.20. The molecular weight excluding hydrogens is 272 g/mol. The van der Waals surface area contributed by atoms with Gasteiger partial charge in [-0.15, -0.1) is 0 Å². The van der Waals surface area contributed by atoms with E-state index in [4.69, 9.17) is 0 Å². The summed E-state index contributed by atoms with van der Waals surface area (Å²) in [7, 11) is 2.21. The minimum absolute atomic E-state index is 0.307. The second-order valence-electron chi connectivity index (χ2n) is 7.20. The summed E-state index contributed by atoms with van der Waals surface area (Å²) in [5, 5.41) is 0. The number of amides is 1. The molecule has 2 heterocycles. The van der Waals surface area contributed by atoms with Gasteiger partial charge in [0.15, 0.2) is 0 Å². The van der Waals surface area contributed by atoms with Crippen LogP contribution in [0.25, 0.3) is 0 Å². The molecule has 120 valence electrons. The Hall–Kier alpha value is -1.35. The molecule has 0 aromatic heterocycles. The van der Waals surface area contributed by atoms with Crippen molar-refractivity contribution in [2.24, 2.45) is 11.8 Å². The Morgan fingerprint density at radius 3 is 2.59 bits per heavy atom. The number of carbonyl (C=O) groups excluding carboxylic acids is 1. The summed E-state index contributed by atoms with van der Waals surface area (Å²) in [6.07, 6.45) is 4.37. The lowest BCUT2D eigenvalue weighted by molar-refractivity contribution is -0.129. The van der Waals surface area contributed by atoms with E-state index < -0.39 is 0 Å². The Balaban J connectivity index is 1.52. The number of carbonyl (C=O) groups is 1. The standard InChI is InChI=1S/C19H28N2O/c1-15-4-3-5-16(12-15)13-19(22)21-11-8-18(14-21)17-6-9-20(2)10-7-17/h3-5,12,17-18H,6-11,13-14H2,1-2H3. The quantitative estimate of drug-likeness (QED) is 0.857. The monoisotopic (exact) mass is 300 g/mol. The fourth-order valence-corrected chi connectivity index (χ4v) is 4.01. The topological polar surface area (TPSA) is 23.6 Å². The van der Waals surface area contributed by atoms with Crippen LogP contribution in [0.15, 0.2) is 24.3 Å². The molecule has 0 radical (unpaired) electrons. The third kappa shape index (κ3) is 3.70. The van der Waals surface area contributed by atoms with Crippen molar-refractivity contribution in [2.45, 2.75) is 32.6 Å².